The second kappa shape index (κ2) is 4.37. The molecule has 15 heavy (non-hydrogen) atoms. The van der Waals surface area contributed by atoms with Gasteiger partial charge in [-0.1, -0.05) is 11.6 Å². The Hall–Kier alpha value is -0.800. The zero-order valence-corrected chi connectivity index (χ0v) is 9.39. The molecular formula is C11H14ClFN2. The van der Waals surface area contributed by atoms with Crippen LogP contribution in [-0.2, 0) is 0 Å². The molecule has 4 heteroatoms. The minimum atomic E-state index is -0.253. The summed E-state index contributed by atoms with van der Waals surface area (Å²) < 4.78 is 13.6. The van der Waals surface area contributed by atoms with Crippen LogP contribution in [0.15, 0.2) is 18.2 Å². The highest BCUT2D eigenvalue weighted by atomic mass is 35.5. The average Bonchev–Trinajstić information content (AvgIpc) is 2.69. The number of anilines is 1. The standard InChI is InChI=1S/C11H14ClFN2/c1-15(9-4-5-14-7-9)11-3-2-8(12)6-10(11)13/h2-3,6,9,14H,4-5,7H2,1H3. The molecule has 0 aromatic heterocycles. The van der Waals surface area contributed by atoms with Crippen molar-refractivity contribution in [3.8, 4) is 0 Å². The van der Waals surface area contributed by atoms with Crippen LogP contribution in [0.5, 0.6) is 0 Å². The first-order valence-corrected chi connectivity index (χ1v) is 5.45. The van der Waals surface area contributed by atoms with Crippen molar-refractivity contribution in [3.63, 3.8) is 0 Å². The molecule has 1 aliphatic rings. The van der Waals surface area contributed by atoms with Gasteiger partial charge in [0.2, 0.25) is 0 Å². The lowest BCUT2D eigenvalue weighted by molar-refractivity contribution is 0.604. The van der Waals surface area contributed by atoms with E-state index in [0.717, 1.165) is 19.5 Å². The van der Waals surface area contributed by atoms with Crippen molar-refractivity contribution >= 4 is 17.3 Å². The predicted molar refractivity (Wildman–Crippen MR) is 61.1 cm³/mol. The SMILES string of the molecule is CN(c1ccc(Cl)cc1F)C1CCNC1. The molecule has 1 heterocycles. The van der Waals surface area contributed by atoms with Gasteiger partial charge in [0.15, 0.2) is 0 Å². The van der Waals surface area contributed by atoms with Crippen LogP contribution in [0.4, 0.5) is 10.1 Å². The van der Waals surface area contributed by atoms with Gasteiger partial charge in [0.25, 0.3) is 0 Å². The number of rotatable bonds is 2. The maximum Gasteiger partial charge on any atom is 0.147 e. The molecular weight excluding hydrogens is 215 g/mol. The lowest BCUT2D eigenvalue weighted by Gasteiger charge is -2.26. The molecule has 1 fully saturated rings. The molecule has 0 spiro atoms. The van der Waals surface area contributed by atoms with E-state index in [0.29, 0.717) is 16.8 Å². The van der Waals surface area contributed by atoms with Gasteiger partial charge in [-0.15, -0.1) is 0 Å². The summed E-state index contributed by atoms with van der Waals surface area (Å²) in [5.41, 5.74) is 0.619. The average molecular weight is 229 g/mol. The second-order valence-electron chi connectivity index (χ2n) is 3.85. The van der Waals surface area contributed by atoms with E-state index in [9.17, 15) is 4.39 Å². The van der Waals surface area contributed by atoms with Crippen LogP contribution < -0.4 is 10.2 Å². The fourth-order valence-corrected chi connectivity index (χ4v) is 2.09. The third-order valence-electron chi connectivity index (χ3n) is 2.87. The summed E-state index contributed by atoms with van der Waals surface area (Å²) in [6.07, 6.45) is 1.05. The van der Waals surface area contributed by atoms with Gasteiger partial charge in [0, 0.05) is 24.7 Å². The van der Waals surface area contributed by atoms with Gasteiger partial charge in [-0.05, 0) is 31.2 Å². The first-order valence-electron chi connectivity index (χ1n) is 5.07. The van der Waals surface area contributed by atoms with Crippen molar-refractivity contribution in [3.05, 3.63) is 29.0 Å². The van der Waals surface area contributed by atoms with E-state index in [4.69, 9.17) is 11.6 Å². The van der Waals surface area contributed by atoms with E-state index < -0.39 is 0 Å². The quantitative estimate of drug-likeness (QED) is 0.836. The Kier molecular flexibility index (Phi) is 3.12. The van der Waals surface area contributed by atoms with Crippen molar-refractivity contribution in [2.45, 2.75) is 12.5 Å². The highest BCUT2D eigenvalue weighted by Crippen LogP contribution is 2.24. The van der Waals surface area contributed by atoms with Crippen LogP contribution in [0.3, 0.4) is 0 Å². The first-order chi connectivity index (χ1) is 7.18. The highest BCUT2D eigenvalue weighted by molar-refractivity contribution is 6.30. The lowest BCUT2D eigenvalue weighted by Crippen LogP contribution is -2.33. The largest absolute Gasteiger partial charge is 0.368 e. The summed E-state index contributed by atoms with van der Waals surface area (Å²) >= 11 is 5.71. The van der Waals surface area contributed by atoms with Gasteiger partial charge >= 0.3 is 0 Å². The fraction of sp³-hybridized carbons (Fsp3) is 0.455. The summed E-state index contributed by atoms with van der Waals surface area (Å²) in [6, 6.07) is 5.19. The topological polar surface area (TPSA) is 15.3 Å². The molecule has 2 rings (SSSR count). The van der Waals surface area contributed by atoms with Gasteiger partial charge in [-0.3, -0.25) is 0 Å². The van der Waals surface area contributed by atoms with Crippen LogP contribution in [0.1, 0.15) is 6.42 Å². The van der Waals surface area contributed by atoms with Crippen molar-refractivity contribution in [1.29, 1.82) is 0 Å². The molecule has 1 N–H and O–H groups in total. The number of likely N-dealkylation sites (N-methyl/N-ethyl adjacent to an activating group) is 1. The van der Waals surface area contributed by atoms with Gasteiger partial charge in [-0.2, -0.15) is 0 Å². The summed E-state index contributed by atoms with van der Waals surface area (Å²) in [5, 5.41) is 3.70. The number of hydrogen-bond donors (Lipinski definition) is 1. The first kappa shape index (κ1) is 10.7. The van der Waals surface area contributed by atoms with E-state index in [1.165, 1.54) is 6.07 Å². The van der Waals surface area contributed by atoms with Crippen molar-refractivity contribution in [1.82, 2.24) is 5.32 Å². The molecule has 0 saturated carbocycles. The monoisotopic (exact) mass is 228 g/mol. The van der Waals surface area contributed by atoms with Crippen molar-refractivity contribution in [2.24, 2.45) is 0 Å². The van der Waals surface area contributed by atoms with Crippen LogP contribution in [0.25, 0.3) is 0 Å². The Bertz CT molecular complexity index is 350. The van der Waals surface area contributed by atoms with E-state index in [1.807, 2.05) is 11.9 Å². The number of nitrogens with zero attached hydrogens (tertiary/aromatic N) is 1. The lowest BCUT2D eigenvalue weighted by atomic mass is 10.2. The summed E-state index contributed by atoms with van der Waals surface area (Å²) in [6.45, 7) is 1.92. The number of benzene rings is 1. The molecule has 1 aliphatic heterocycles. The molecule has 82 valence electrons. The minimum absolute atomic E-state index is 0.253. The molecule has 2 nitrogen and oxygen atoms in total. The maximum atomic E-state index is 13.6. The molecule has 1 atom stereocenters. The number of halogens is 2. The molecule has 1 aromatic rings. The molecule has 1 unspecified atom stereocenters. The Morgan fingerprint density at radius 2 is 2.33 bits per heavy atom. The van der Waals surface area contributed by atoms with E-state index >= 15 is 0 Å². The van der Waals surface area contributed by atoms with Crippen LogP contribution in [-0.4, -0.2) is 26.2 Å². The van der Waals surface area contributed by atoms with Gasteiger partial charge in [0.1, 0.15) is 5.82 Å². The molecule has 0 radical (unpaired) electrons. The Balaban J connectivity index is 2.20. The highest BCUT2D eigenvalue weighted by Gasteiger charge is 2.21. The van der Waals surface area contributed by atoms with Gasteiger partial charge < -0.3 is 10.2 Å². The fourth-order valence-electron chi connectivity index (χ4n) is 1.93. The zero-order chi connectivity index (χ0) is 10.8. The number of hydrogen-bond acceptors (Lipinski definition) is 2. The van der Waals surface area contributed by atoms with E-state index in [-0.39, 0.29) is 5.82 Å². The van der Waals surface area contributed by atoms with E-state index in [2.05, 4.69) is 5.32 Å². The molecule has 0 bridgehead atoms. The summed E-state index contributed by atoms with van der Waals surface area (Å²) in [5.74, 6) is -0.253. The minimum Gasteiger partial charge on any atom is -0.368 e. The Morgan fingerprint density at radius 1 is 1.53 bits per heavy atom. The third-order valence-corrected chi connectivity index (χ3v) is 3.11. The Morgan fingerprint density at radius 3 is 2.93 bits per heavy atom. The normalized spacial score (nSPS) is 20.6. The smallest absolute Gasteiger partial charge is 0.147 e. The van der Waals surface area contributed by atoms with Crippen LogP contribution >= 0.6 is 11.6 Å². The predicted octanol–water partition coefficient (Wildman–Crippen LogP) is 2.28. The molecule has 1 aromatic carbocycles. The van der Waals surface area contributed by atoms with Crippen LogP contribution in [0.2, 0.25) is 5.02 Å². The van der Waals surface area contributed by atoms with E-state index in [1.54, 1.807) is 12.1 Å². The van der Waals surface area contributed by atoms with Gasteiger partial charge in [-0.25, -0.2) is 4.39 Å². The number of nitrogens with one attached hydrogen (secondary N) is 1. The van der Waals surface area contributed by atoms with Crippen molar-refractivity contribution in [2.75, 3.05) is 25.0 Å². The van der Waals surface area contributed by atoms with Crippen molar-refractivity contribution < 1.29 is 4.39 Å². The zero-order valence-electron chi connectivity index (χ0n) is 8.63. The second-order valence-corrected chi connectivity index (χ2v) is 4.29. The maximum absolute atomic E-state index is 13.6. The molecule has 1 saturated heterocycles. The van der Waals surface area contributed by atoms with Gasteiger partial charge in [0.05, 0.1) is 5.69 Å². The molecule has 0 amide bonds. The summed E-state index contributed by atoms with van der Waals surface area (Å²) in [7, 11) is 1.92. The van der Waals surface area contributed by atoms with Crippen LogP contribution in [0, 0.1) is 5.82 Å². The Labute approximate surface area is 94.0 Å². The molecule has 0 aliphatic carbocycles. The third kappa shape index (κ3) is 2.24. The summed E-state index contributed by atoms with van der Waals surface area (Å²) in [4.78, 5) is 1.98.